The minimum Gasteiger partial charge on any atom is -0.348 e. The van der Waals surface area contributed by atoms with Gasteiger partial charge in [-0.3, -0.25) is 9.20 Å². The Kier molecular flexibility index (Phi) is 2.32. The van der Waals surface area contributed by atoms with Gasteiger partial charge in [0.25, 0.3) is 5.91 Å². The van der Waals surface area contributed by atoms with Crippen LogP contribution in [0.2, 0.25) is 0 Å². The summed E-state index contributed by atoms with van der Waals surface area (Å²) < 4.78 is 1.79. The van der Waals surface area contributed by atoms with Gasteiger partial charge >= 0.3 is 0 Å². The summed E-state index contributed by atoms with van der Waals surface area (Å²) in [4.78, 5) is 20.4. The molecule has 6 nitrogen and oxygen atoms in total. The zero-order valence-electron chi connectivity index (χ0n) is 10.4. The van der Waals surface area contributed by atoms with Crippen LogP contribution >= 0.6 is 0 Å². The van der Waals surface area contributed by atoms with E-state index in [0.717, 1.165) is 18.5 Å². The quantitative estimate of drug-likeness (QED) is 0.807. The molecule has 2 fully saturated rings. The van der Waals surface area contributed by atoms with Crippen LogP contribution in [0.25, 0.3) is 5.52 Å². The summed E-state index contributed by atoms with van der Waals surface area (Å²) in [7, 11) is 0. The summed E-state index contributed by atoms with van der Waals surface area (Å²) in [5, 5.41) is 6.55. The molecule has 2 aromatic rings. The summed E-state index contributed by atoms with van der Waals surface area (Å²) in [6.45, 7) is 1.02. The van der Waals surface area contributed by atoms with E-state index in [1.165, 1.54) is 6.42 Å². The average molecular weight is 257 g/mol. The molecule has 1 aliphatic carbocycles. The number of fused-ring (bicyclic) bond motifs is 3. The molecule has 0 spiro atoms. The molecular formula is C13H15N5O. The van der Waals surface area contributed by atoms with Gasteiger partial charge in [-0.2, -0.15) is 0 Å². The predicted molar refractivity (Wildman–Crippen MR) is 68.8 cm³/mol. The highest BCUT2D eigenvalue weighted by atomic mass is 16.1. The van der Waals surface area contributed by atoms with Crippen LogP contribution in [-0.4, -0.2) is 38.9 Å². The molecular weight excluding hydrogens is 242 g/mol. The number of carbonyl (C=O) groups excluding carboxylic acids is 1. The fourth-order valence-corrected chi connectivity index (χ4v) is 3.20. The van der Waals surface area contributed by atoms with Gasteiger partial charge in [-0.05, 0) is 24.8 Å². The lowest BCUT2D eigenvalue weighted by Crippen LogP contribution is -2.44. The fourth-order valence-electron chi connectivity index (χ4n) is 3.20. The minimum absolute atomic E-state index is 0.0822. The van der Waals surface area contributed by atoms with Crippen molar-refractivity contribution in [2.75, 3.05) is 6.54 Å². The topological polar surface area (TPSA) is 71.3 Å². The van der Waals surface area contributed by atoms with Crippen molar-refractivity contribution in [3.05, 3.63) is 30.6 Å². The smallest absolute Gasteiger partial charge is 0.270 e. The Balaban J connectivity index is 1.53. The van der Waals surface area contributed by atoms with E-state index in [1.54, 1.807) is 29.3 Å². The minimum atomic E-state index is -0.0822. The Morgan fingerprint density at radius 3 is 3.16 bits per heavy atom. The van der Waals surface area contributed by atoms with E-state index < -0.39 is 0 Å². The van der Waals surface area contributed by atoms with E-state index in [4.69, 9.17) is 0 Å². The number of hydrogen-bond donors (Lipinski definition) is 2. The van der Waals surface area contributed by atoms with Crippen LogP contribution in [0.1, 0.15) is 23.3 Å². The van der Waals surface area contributed by atoms with E-state index in [9.17, 15) is 4.79 Å². The number of aromatic nitrogens is 3. The van der Waals surface area contributed by atoms with Crippen LogP contribution in [0.15, 0.2) is 24.9 Å². The maximum absolute atomic E-state index is 12.2. The Bertz CT molecular complexity index is 637. The van der Waals surface area contributed by atoms with Crippen molar-refractivity contribution in [3.63, 3.8) is 0 Å². The summed E-state index contributed by atoms with van der Waals surface area (Å²) in [6, 6.07) is 2.65. The van der Waals surface area contributed by atoms with Gasteiger partial charge in [-0.15, -0.1) is 0 Å². The number of amides is 1. The molecule has 2 bridgehead atoms. The number of imidazole rings is 1. The van der Waals surface area contributed by atoms with Gasteiger partial charge in [0.05, 0.1) is 11.7 Å². The van der Waals surface area contributed by atoms with Crippen molar-refractivity contribution in [3.8, 4) is 0 Å². The number of nitrogens with one attached hydrogen (secondary N) is 2. The molecule has 1 amide bonds. The zero-order valence-corrected chi connectivity index (χ0v) is 10.4. The molecule has 2 aliphatic rings. The fraction of sp³-hybridized carbons (Fsp3) is 0.462. The second-order valence-electron chi connectivity index (χ2n) is 5.42. The molecule has 98 valence electrons. The van der Waals surface area contributed by atoms with Crippen molar-refractivity contribution in [2.24, 2.45) is 5.92 Å². The summed E-state index contributed by atoms with van der Waals surface area (Å²) in [6.07, 6.45) is 7.23. The Hall–Kier alpha value is -1.95. The lowest BCUT2D eigenvalue weighted by atomic mass is 10.0. The number of nitrogens with zero attached hydrogens (tertiary/aromatic N) is 3. The van der Waals surface area contributed by atoms with Crippen LogP contribution in [0, 0.1) is 5.92 Å². The number of hydrogen-bond acceptors (Lipinski definition) is 4. The average Bonchev–Trinajstić information content (AvgIpc) is 3.13. The highest BCUT2D eigenvalue weighted by molar-refractivity contribution is 5.93. The van der Waals surface area contributed by atoms with E-state index in [0.29, 0.717) is 23.7 Å². The molecule has 0 unspecified atom stereocenters. The third-order valence-corrected chi connectivity index (χ3v) is 4.21. The van der Waals surface area contributed by atoms with Crippen LogP contribution in [0.5, 0.6) is 0 Å². The Labute approximate surface area is 110 Å². The van der Waals surface area contributed by atoms with Gasteiger partial charge in [-0.25, -0.2) is 9.97 Å². The molecule has 2 aromatic heterocycles. The second-order valence-corrected chi connectivity index (χ2v) is 5.42. The normalized spacial score (nSPS) is 28.9. The summed E-state index contributed by atoms with van der Waals surface area (Å²) in [5.41, 5.74) is 1.35. The lowest BCUT2D eigenvalue weighted by Gasteiger charge is -2.23. The summed E-state index contributed by atoms with van der Waals surface area (Å²) >= 11 is 0. The van der Waals surface area contributed by atoms with Gasteiger partial charge in [0.2, 0.25) is 0 Å². The standard InChI is InChI=1S/C13H15N5O/c19-13(17-11-2-9-1-8(11)4-15-9)12-3-10-5-14-6-18(10)7-16-12/h3,5-9,11,15H,1-2,4H2,(H,17,19)/t8-,9+,11+/m1/s1. The molecule has 1 aliphatic heterocycles. The first-order chi connectivity index (χ1) is 9.29. The third kappa shape index (κ3) is 1.79. The number of piperidine rings is 1. The highest BCUT2D eigenvalue weighted by Gasteiger charge is 2.40. The molecule has 6 heteroatoms. The Morgan fingerprint density at radius 1 is 1.42 bits per heavy atom. The van der Waals surface area contributed by atoms with Gasteiger partial charge < -0.3 is 10.6 Å². The molecule has 1 saturated heterocycles. The molecule has 1 saturated carbocycles. The first-order valence-electron chi connectivity index (χ1n) is 6.61. The maximum Gasteiger partial charge on any atom is 0.270 e. The van der Waals surface area contributed by atoms with Crippen LogP contribution < -0.4 is 10.6 Å². The predicted octanol–water partition coefficient (Wildman–Crippen LogP) is 0.209. The van der Waals surface area contributed by atoms with E-state index in [1.807, 2.05) is 0 Å². The van der Waals surface area contributed by atoms with Gasteiger partial charge in [0, 0.05) is 18.6 Å². The van der Waals surface area contributed by atoms with Crippen molar-refractivity contribution in [1.82, 2.24) is 25.0 Å². The first-order valence-corrected chi connectivity index (χ1v) is 6.61. The van der Waals surface area contributed by atoms with Crippen molar-refractivity contribution in [2.45, 2.75) is 24.9 Å². The third-order valence-electron chi connectivity index (χ3n) is 4.21. The molecule has 3 heterocycles. The monoisotopic (exact) mass is 257 g/mol. The largest absolute Gasteiger partial charge is 0.348 e. The second kappa shape index (κ2) is 4.03. The van der Waals surface area contributed by atoms with E-state index in [2.05, 4.69) is 20.6 Å². The van der Waals surface area contributed by atoms with Crippen molar-refractivity contribution >= 4 is 11.4 Å². The van der Waals surface area contributed by atoms with Gasteiger partial charge in [0.1, 0.15) is 18.3 Å². The Morgan fingerprint density at radius 2 is 2.37 bits per heavy atom. The summed E-state index contributed by atoms with van der Waals surface area (Å²) in [5.74, 6) is 0.494. The SMILES string of the molecule is O=C(N[C@H]1C[C@@H]2C[C@@H]1CN2)c1cc2cncn2cn1. The van der Waals surface area contributed by atoms with Crippen molar-refractivity contribution in [1.29, 1.82) is 0 Å². The van der Waals surface area contributed by atoms with Crippen molar-refractivity contribution < 1.29 is 4.79 Å². The number of carbonyl (C=O) groups is 1. The zero-order chi connectivity index (χ0) is 12.8. The van der Waals surface area contributed by atoms with E-state index >= 15 is 0 Å². The molecule has 19 heavy (non-hydrogen) atoms. The maximum atomic E-state index is 12.2. The molecule has 0 aromatic carbocycles. The first kappa shape index (κ1) is 10.9. The van der Waals surface area contributed by atoms with Crippen LogP contribution in [-0.2, 0) is 0 Å². The highest BCUT2D eigenvalue weighted by Crippen LogP contribution is 2.31. The van der Waals surface area contributed by atoms with Crippen LogP contribution in [0.3, 0.4) is 0 Å². The van der Waals surface area contributed by atoms with Gasteiger partial charge in [0.15, 0.2) is 0 Å². The van der Waals surface area contributed by atoms with E-state index in [-0.39, 0.29) is 5.91 Å². The number of rotatable bonds is 2. The van der Waals surface area contributed by atoms with Gasteiger partial charge in [-0.1, -0.05) is 0 Å². The van der Waals surface area contributed by atoms with Crippen LogP contribution in [0.4, 0.5) is 0 Å². The molecule has 0 radical (unpaired) electrons. The molecule has 4 rings (SSSR count). The molecule has 2 N–H and O–H groups in total. The molecule has 3 atom stereocenters. The lowest BCUT2D eigenvalue weighted by molar-refractivity contribution is 0.0920.